The monoisotopic (exact) mass is 539 g/mol. The Labute approximate surface area is 221 Å². The molecule has 1 unspecified atom stereocenters. The van der Waals surface area contributed by atoms with Crippen LogP contribution in [0.5, 0.6) is 0 Å². The molecule has 3 rings (SSSR count). The number of hydrogen-bond donors (Lipinski definition) is 2. The summed E-state index contributed by atoms with van der Waals surface area (Å²) in [4.78, 5) is 18.6. The molecule has 0 aromatic heterocycles. The predicted molar refractivity (Wildman–Crippen MR) is 149 cm³/mol. The van der Waals surface area contributed by atoms with Gasteiger partial charge in [-0.3, -0.25) is 4.79 Å². The van der Waals surface area contributed by atoms with E-state index in [-0.39, 0.29) is 5.91 Å². The van der Waals surface area contributed by atoms with Gasteiger partial charge in [-0.2, -0.15) is 0 Å². The van der Waals surface area contributed by atoms with Gasteiger partial charge in [0.2, 0.25) is 9.70 Å². The van der Waals surface area contributed by atoms with Crippen LogP contribution in [-0.2, 0) is 4.79 Å². The lowest BCUT2D eigenvalue weighted by Gasteiger charge is -2.45. The summed E-state index contributed by atoms with van der Waals surface area (Å²) in [6.07, 6.45) is 2.97. The topological polar surface area (TPSA) is 50.9 Å². The number of benzene rings is 2. The molecule has 1 saturated heterocycles. The molecule has 34 heavy (non-hydrogen) atoms. The van der Waals surface area contributed by atoms with Crippen molar-refractivity contribution in [3.8, 4) is 0 Å². The first kappa shape index (κ1) is 26.4. The molecule has 182 valence electrons. The van der Waals surface area contributed by atoms with Gasteiger partial charge in [0.25, 0.3) is 0 Å². The summed E-state index contributed by atoms with van der Waals surface area (Å²) >= 11 is 24.8. The summed E-state index contributed by atoms with van der Waals surface area (Å²) in [6.45, 7) is 1.27. The van der Waals surface area contributed by atoms with E-state index in [1.54, 1.807) is 11.0 Å². The van der Waals surface area contributed by atoms with Gasteiger partial charge < -0.3 is 25.3 Å². The summed E-state index contributed by atoms with van der Waals surface area (Å²) in [5, 5.41) is 6.37. The van der Waals surface area contributed by atoms with E-state index < -0.39 is 9.96 Å². The third kappa shape index (κ3) is 6.48. The molecule has 1 amide bonds. The Bertz CT molecular complexity index is 1040. The quantitative estimate of drug-likeness (QED) is 0.289. The second-order valence-electron chi connectivity index (χ2n) is 8.02. The summed E-state index contributed by atoms with van der Waals surface area (Å²) < 4.78 is -1.80. The lowest BCUT2D eigenvalue weighted by atomic mass is 10.2. The van der Waals surface area contributed by atoms with Gasteiger partial charge in [-0.1, -0.05) is 59.1 Å². The Kier molecular flexibility index (Phi) is 8.93. The van der Waals surface area contributed by atoms with Crippen LogP contribution in [0.1, 0.15) is 12.0 Å². The number of anilines is 3. The Balaban J connectivity index is 1.80. The van der Waals surface area contributed by atoms with E-state index in [0.717, 1.165) is 35.6 Å². The maximum Gasteiger partial charge on any atom is 0.245 e. The molecule has 1 aliphatic rings. The number of para-hydroxylation sites is 2. The highest BCUT2D eigenvalue weighted by Crippen LogP contribution is 2.36. The molecule has 1 aliphatic heterocycles. The number of amides is 1. The first-order valence-electron chi connectivity index (χ1n) is 10.8. The Hall–Kier alpha value is -2.19. The highest BCUT2D eigenvalue weighted by molar-refractivity contribution is 7.80. The number of hydrogen-bond acceptors (Lipinski definition) is 4. The van der Waals surface area contributed by atoms with Crippen LogP contribution in [0.4, 0.5) is 17.1 Å². The van der Waals surface area contributed by atoms with E-state index in [9.17, 15) is 4.79 Å². The van der Waals surface area contributed by atoms with E-state index >= 15 is 0 Å². The Morgan fingerprint density at radius 2 is 1.79 bits per heavy atom. The maximum atomic E-state index is 12.8. The summed E-state index contributed by atoms with van der Waals surface area (Å²) in [5.41, 5.74) is 3.84. The number of carbonyl (C=O) groups excluding carboxylic acids is 1. The van der Waals surface area contributed by atoms with Gasteiger partial charge >= 0.3 is 0 Å². The molecule has 10 heteroatoms. The van der Waals surface area contributed by atoms with Crippen molar-refractivity contribution in [2.45, 2.75) is 16.4 Å². The van der Waals surface area contributed by atoms with Crippen molar-refractivity contribution >= 4 is 81.2 Å². The first-order chi connectivity index (χ1) is 16.1. The van der Waals surface area contributed by atoms with Gasteiger partial charge in [-0.25, -0.2) is 0 Å². The van der Waals surface area contributed by atoms with Crippen LogP contribution in [0.15, 0.2) is 54.6 Å². The second-order valence-corrected chi connectivity index (χ2v) is 10.8. The number of alkyl halides is 3. The van der Waals surface area contributed by atoms with Crippen LogP contribution in [0.25, 0.3) is 6.08 Å². The van der Waals surface area contributed by atoms with Crippen LogP contribution in [0, 0.1) is 0 Å². The van der Waals surface area contributed by atoms with Gasteiger partial charge in [-0.05, 0) is 54.5 Å². The number of nitrogens with one attached hydrogen (secondary N) is 2. The highest BCUT2D eigenvalue weighted by Gasteiger charge is 2.42. The summed E-state index contributed by atoms with van der Waals surface area (Å²) in [6, 6.07) is 15.6. The smallest absolute Gasteiger partial charge is 0.245 e. The van der Waals surface area contributed by atoms with Gasteiger partial charge in [0, 0.05) is 46.0 Å². The standard InChI is InChI=1S/C24H28Cl3N5OS/c1-28-18-12-9-17(10-13-18)11-14-21(33)29-22(24(25,26)27)32-16-6-15-31(23(32)34)20-8-5-4-7-19(20)30(2)3/h4-5,7-14,22,28H,6,15-16H2,1-3H3,(H,29,33)/b14-11+. The van der Waals surface area contributed by atoms with Crippen LogP contribution in [-0.4, -0.2) is 60.1 Å². The Morgan fingerprint density at radius 1 is 1.12 bits per heavy atom. The highest BCUT2D eigenvalue weighted by atomic mass is 35.6. The van der Waals surface area contributed by atoms with Gasteiger partial charge in [0.1, 0.15) is 0 Å². The minimum Gasteiger partial charge on any atom is -0.388 e. The SMILES string of the molecule is CNc1ccc(/C=C/C(=O)NC(N2CCCN(c3ccccc3N(C)C)C2=S)C(Cl)(Cl)Cl)cc1. The molecule has 0 saturated carbocycles. The fourth-order valence-electron chi connectivity index (χ4n) is 3.73. The lowest BCUT2D eigenvalue weighted by molar-refractivity contribution is -0.117. The van der Waals surface area contributed by atoms with Crippen molar-refractivity contribution in [1.29, 1.82) is 0 Å². The van der Waals surface area contributed by atoms with E-state index in [2.05, 4.69) is 10.6 Å². The molecule has 0 aliphatic carbocycles. The van der Waals surface area contributed by atoms with Gasteiger partial charge in [0.05, 0.1) is 11.4 Å². The molecule has 2 N–H and O–H groups in total. The van der Waals surface area contributed by atoms with Crippen LogP contribution in [0.3, 0.4) is 0 Å². The van der Waals surface area contributed by atoms with Crippen molar-refractivity contribution in [3.05, 3.63) is 60.2 Å². The second kappa shape index (κ2) is 11.5. The average molecular weight is 541 g/mol. The van der Waals surface area contributed by atoms with E-state index in [0.29, 0.717) is 11.7 Å². The number of halogens is 3. The summed E-state index contributed by atoms with van der Waals surface area (Å²) in [7, 11) is 5.81. The number of nitrogens with zero attached hydrogens (tertiary/aromatic N) is 3. The van der Waals surface area contributed by atoms with Crippen LogP contribution < -0.4 is 20.4 Å². The first-order valence-corrected chi connectivity index (χ1v) is 12.3. The minimum absolute atomic E-state index is 0.386. The minimum atomic E-state index is -1.80. The van der Waals surface area contributed by atoms with Crippen molar-refractivity contribution < 1.29 is 4.79 Å². The molecular weight excluding hydrogens is 513 g/mol. The van der Waals surface area contributed by atoms with Crippen molar-refractivity contribution in [1.82, 2.24) is 10.2 Å². The molecule has 1 fully saturated rings. The largest absolute Gasteiger partial charge is 0.388 e. The maximum absolute atomic E-state index is 12.8. The molecule has 0 radical (unpaired) electrons. The van der Waals surface area contributed by atoms with Crippen molar-refractivity contribution in [2.75, 3.05) is 49.3 Å². The zero-order valence-corrected chi connectivity index (χ0v) is 22.3. The van der Waals surface area contributed by atoms with Gasteiger partial charge in [-0.15, -0.1) is 0 Å². The molecule has 1 atom stereocenters. The predicted octanol–water partition coefficient (Wildman–Crippen LogP) is 5.12. The van der Waals surface area contributed by atoms with E-state index in [4.69, 9.17) is 47.0 Å². The average Bonchev–Trinajstić information content (AvgIpc) is 2.81. The third-order valence-electron chi connectivity index (χ3n) is 5.44. The molecule has 2 aromatic rings. The zero-order chi connectivity index (χ0) is 24.9. The molecule has 0 spiro atoms. The van der Waals surface area contributed by atoms with Gasteiger partial charge in [0.15, 0.2) is 11.3 Å². The molecule has 2 aromatic carbocycles. The van der Waals surface area contributed by atoms with Crippen LogP contribution >= 0.6 is 47.0 Å². The van der Waals surface area contributed by atoms with Crippen molar-refractivity contribution in [2.24, 2.45) is 0 Å². The van der Waals surface area contributed by atoms with Crippen molar-refractivity contribution in [3.63, 3.8) is 0 Å². The number of carbonyl (C=O) groups is 1. The van der Waals surface area contributed by atoms with E-state index in [1.807, 2.05) is 79.5 Å². The Morgan fingerprint density at radius 3 is 2.41 bits per heavy atom. The number of rotatable bonds is 7. The fraction of sp³-hybridized carbons (Fsp3) is 0.333. The van der Waals surface area contributed by atoms with Crippen LogP contribution in [0.2, 0.25) is 0 Å². The lowest BCUT2D eigenvalue weighted by Crippen LogP contribution is -2.62. The zero-order valence-electron chi connectivity index (χ0n) is 19.3. The third-order valence-corrected chi connectivity index (χ3v) is 6.51. The van der Waals surface area contributed by atoms with E-state index in [1.165, 1.54) is 6.08 Å². The molecule has 1 heterocycles. The molecule has 6 nitrogen and oxygen atoms in total. The summed E-state index contributed by atoms with van der Waals surface area (Å²) in [5.74, 6) is -0.386. The normalized spacial score (nSPS) is 15.4. The fourth-order valence-corrected chi connectivity index (χ4v) is 4.63. The molecular formula is C24H28Cl3N5OS. The molecule has 0 bridgehead atoms. The number of thiocarbonyl (C=S) groups is 1.